The molecule has 2 amide bonds. The number of ether oxygens (including phenoxy) is 1. The third-order valence-corrected chi connectivity index (χ3v) is 4.22. The summed E-state index contributed by atoms with van der Waals surface area (Å²) in [6.07, 6.45) is 1.51. The van der Waals surface area contributed by atoms with E-state index in [2.05, 4.69) is 15.6 Å². The lowest BCUT2D eigenvalue weighted by Crippen LogP contribution is -2.51. The standard InChI is InChI=1S/C19H24ClN5O5/c1-19(21,12-26)17(28)22-14-4-2-13(3-5-14)16(27)23-15-6-8-25(18(29)24-15)9-11-30-10-7-20/h2-6,8,26H,7,9-12,21H2,1H3,(H,22,28)(H,23,24,27,29). The van der Waals surface area contributed by atoms with Gasteiger partial charge in [0, 0.05) is 23.3 Å². The number of alkyl halides is 1. The van der Waals surface area contributed by atoms with Gasteiger partial charge in [0.25, 0.3) is 5.91 Å². The molecular formula is C19H24ClN5O5. The molecule has 2 aromatic rings. The van der Waals surface area contributed by atoms with Crippen LogP contribution in [0.4, 0.5) is 11.5 Å². The SMILES string of the molecule is CC(N)(CO)C(=O)Nc1ccc(C(=O)Nc2ccn(CCOCCCl)c(=O)n2)cc1. The lowest BCUT2D eigenvalue weighted by molar-refractivity contribution is -0.121. The van der Waals surface area contributed by atoms with Crippen LogP contribution in [-0.4, -0.2) is 57.7 Å². The van der Waals surface area contributed by atoms with E-state index < -0.39 is 29.6 Å². The van der Waals surface area contributed by atoms with Gasteiger partial charge in [0.1, 0.15) is 11.4 Å². The summed E-state index contributed by atoms with van der Waals surface area (Å²) >= 11 is 5.51. The molecule has 0 saturated heterocycles. The minimum absolute atomic E-state index is 0.113. The first kappa shape index (κ1) is 23.5. The smallest absolute Gasteiger partial charge is 0.349 e. The summed E-state index contributed by atoms with van der Waals surface area (Å²) in [5.74, 6) is -0.537. The summed E-state index contributed by atoms with van der Waals surface area (Å²) in [4.78, 5) is 40.2. The van der Waals surface area contributed by atoms with Gasteiger partial charge >= 0.3 is 5.69 Å². The second-order valence-electron chi connectivity index (χ2n) is 6.65. The Kier molecular flexibility index (Phi) is 8.48. The molecule has 10 nitrogen and oxygen atoms in total. The zero-order chi connectivity index (χ0) is 22.1. The number of nitrogens with two attached hydrogens (primary N) is 1. The molecule has 1 heterocycles. The predicted molar refractivity (Wildman–Crippen MR) is 113 cm³/mol. The van der Waals surface area contributed by atoms with Crippen molar-refractivity contribution in [3.63, 3.8) is 0 Å². The molecule has 1 aromatic heterocycles. The average molecular weight is 438 g/mol. The topological polar surface area (TPSA) is 149 Å². The Bertz CT molecular complexity index is 930. The Hall–Kier alpha value is -2.79. The number of aliphatic hydroxyl groups excluding tert-OH is 1. The number of hydrogen-bond acceptors (Lipinski definition) is 7. The van der Waals surface area contributed by atoms with E-state index in [9.17, 15) is 14.4 Å². The third kappa shape index (κ3) is 6.63. The monoisotopic (exact) mass is 437 g/mol. The van der Waals surface area contributed by atoms with Gasteiger partial charge in [-0.2, -0.15) is 4.98 Å². The van der Waals surface area contributed by atoms with Crippen molar-refractivity contribution in [1.82, 2.24) is 9.55 Å². The number of benzene rings is 1. The molecule has 2 rings (SSSR count). The van der Waals surface area contributed by atoms with Crippen LogP contribution < -0.4 is 22.1 Å². The summed E-state index contributed by atoms with van der Waals surface area (Å²) in [5, 5.41) is 14.2. The number of anilines is 2. The Labute approximate surface area is 178 Å². The van der Waals surface area contributed by atoms with Crippen molar-refractivity contribution in [2.45, 2.75) is 19.0 Å². The third-order valence-electron chi connectivity index (χ3n) is 4.07. The van der Waals surface area contributed by atoms with Gasteiger partial charge in [-0.1, -0.05) is 0 Å². The van der Waals surface area contributed by atoms with Crippen molar-refractivity contribution in [2.24, 2.45) is 5.73 Å². The van der Waals surface area contributed by atoms with E-state index in [1.54, 1.807) is 0 Å². The maximum absolute atomic E-state index is 12.4. The van der Waals surface area contributed by atoms with E-state index in [1.165, 1.54) is 48.0 Å². The molecule has 30 heavy (non-hydrogen) atoms. The lowest BCUT2D eigenvalue weighted by Gasteiger charge is -2.20. The van der Waals surface area contributed by atoms with Crippen LogP contribution in [0.5, 0.6) is 0 Å². The summed E-state index contributed by atoms with van der Waals surface area (Å²) in [5.41, 5.74) is 4.44. The van der Waals surface area contributed by atoms with Crippen LogP contribution in [-0.2, 0) is 16.1 Å². The number of rotatable bonds is 10. The molecular weight excluding hydrogens is 414 g/mol. The number of nitrogens with one attached hydrogen (secondary N) is 2. The Morgan fingerprint density at radius 2 is 1.93 bits per heavy atom. The molecule has 0 bridgehead atoms. The van der Waals surface area contributed by atoms with Crippen LogP contribution in [0, 0.1) is 0 Å². The highest BCUT2D eigenvalue weighted by Crippen LogP contribution is 2.13. The highest BCUT2D eigenvalue weighted by molar-refractivity contribution is 6.17. The van der Waals surface area contributed by atoms with Crippen molar-refractivity contribution in [1.29, 1.82) is 0 Å². The molecule has 5 N–H and O–H groups in total. The molecule has 0 aliphatic carbocycles. The predicted octanol–water partition coefficient (Wildman–Crippen LogP) is 0.399. The van der Waals surface area contributed by atoms with Gasteiger partial charge in [0.05, 0.1) is 26.4 Å². The number of carbonyl (C=O) groups is 2. The van der Waals surface area contributed by atoms with Gasteiger partial charge in [0.15, 0.2) is 0 Å². The van der Waals surface area contributed by atoms with Crippen LogP contribution in [0.1, 0.15) is 17.3 Å². The highest BCUT2D eigenvalue weighted by Gasteiger charge is 2.27. The van der Waals surface area contributed by atoms with E-state index in [0.29, 0.717) is 36.9 Å². The quantitative estimate of drug-likeness (QED) is 0.310. The summed E-state index contributed by atoms with van der Waals surface area (Å²) in [6, 6.07) is 7.53. The molecule has 1 aromatic carbocycles. The number of carbonyl (C=O) groups excluding carboxylic acids is 2. The molecule has 0 spiro atoms. The molecule has 1 atom stereocenters. The molecule has 162 valence electrons. The minimum Gasteiger partial charge on any atom is -0.394 e. The van der Waals surface area contributed by atoms with Crippen molar-refractivity contribution in [3.8, 4) is 0 Å². The summed E-state index contributed by atoms with van der Waals surface area (Å²) in [7, 11) is 0. The fourth-order valence-corrected chi connectivity index (χ4v) is 2.34. The second kappa shape index (κ2) is 10.8. The molecule has 11 heteroatoms. The number of aliphatic hydroxyl groups is 1. The van der Waals surface area contributed by atoms with Crippen LogP contribution in [0.25, 0.3) is 0 Å². The van der Waals surface area contributed by atoms with Crippen molar-refractivity contribution < 1.29 is 19.4 Å². The molecule has 0 radical (unpaired) electrons. The Morgan fingerprint density at radius 1 is 1.23 bits per heavy atom. The van der Waals surface area contributed by atoms with Gasteiger partial charge in [-0.15, -0.1) is 11.6 Å². The van der Waals surface area contributed by atoms with E-state index >= 15 is 0 Å². The summed E-state index contributed by atoms with van der Waals surface area (Å²) in [6.45, 7) is 1.93. The second-order valence-corrected chi connectivity index (χ2v) is 7.03. The van der Waals surface area contributed by atoms with Crippen LogP contribution in [0.15, 0.2) is 41.3 Å². The first-order chi connectivity index (χ1) is 14.3. The van der Waals surface area contributed by atoms with Gasteiger partial charge < -0.3 is 26.2 Å². The van der Waals surface area contributed by atoms with Gasteiger partial charge in [-0.05, 0) is 37.3 Å². The molecule has 0 saturated carbocycles. The molecule has 1 unspecified atom stereocenters. The molecule has 0 aliphatic rings. The maximum Gasteiger partial charge on any atom is 0.349 e. The fourth-order valence-electron chi connectivity index (χ4n) is 2.23. The zero-order valence-electron chi connectivity index (χ0n) is 16.4. The highest BCUT2D eigenvalue weighted by atomic mass is 35.5. The fraction of sp³-hybridized carbons (Fsp3) is 0.368. The average Bonchev–Trinajstić information content (AvgIpc) is 2.73. The number of aromatic nitrogens is 2. The lowest BCUT2D eigenvalue weighted by atomic mass is 10.0. The maximum atomic E-state index is 12.4. The van der Waals surface area contributed by atoms with Gasteiger partial charge in [-0.25, -0.2) is 4.79 Å². The van der Waals surface area contributed by atoms with Crippen LogP contribution in [0.3, 0.4) is 0 Å². The zero-order valence-corrected chi connectivity index (χ0v) is 17.2. The minimum atomic E-state index is -1.42. The van der Waals surface area contributed by atoms with E-state index in [1.807, 2.05) is 0 Å². The Balaban J connectivity index is 1.97. The largest absolute Gasteiger partial charge is 0.394 e. The molecule has 0 fully saturated rings. The first-order valence-corrected chi connectivity index (χ1v) is 9.64. The van der Waals surface area contributed by atoms with Crippen LogP contribution >= 0.6 is 11.6 Å². The number of amides is 2. The van der Waals surface area contributed by atoms with E-state index in [-0.39, 0.29) is 5.82 Å². The van der Waals surface area contributed by atoms with Gasteiger partial charge in [0.2, 0.25) is 5.91 Å². The Morgan fingerprint density at radius 3 is 2.53 bits per heavy atom. The van der Waals surface area contributed by atoms with Crippen molar-refractivity contribution >= 4 is 34.9 Å². The van der Waals surface area contributed by atoms with Crippen molar-refractivity contribution in [2.75, 3.05) is 36.3 Å². The van der Waals surface area contributed by atoms with E-state index in [0.717, 1.165) is 0 Å². The van der Waals surface area contributed by atoms with Crippen molar-refractivity contribution in [3.05, 3.63) is 52.6 Å². The molecule has 0 aliphatic heterocycles. The normalized spacial score (nSPS) is 12.8. The number of halogens is 1. The van der Waals surface area contributed by atoms with E-state index in [4.69, 9.17) is 27.2 Å². The number of hydrogen-bond donors (Lipinski definition) is 4. The first-order valence-electron chi connectivity index (χ1n) is 9.10. The van der Waals surface area contributed by atoms with Gasteiger partial charge in [-0.3, -0.25) is 14.2 Å². The summed E-state index contributed by atoms with van der Waals surface area (Å²) < 4.78 is 6.58. The van der Waals surface area contributed by atoms with Crippen LogP contribution in [0.2, 0.25) is 0 Å². The number of nitrogens with zero attached hydrogens (tertiary/aromatic N) is 2.